The molecule has 0 spiro atoms. The van der Waals surface area contributed by atoms with E-state index < -0.39 is 102 Å². The highest BCUT2D eigenvalue weighted by Crippen LogP contribution is 2.40. The molecular weight excluding hydrogens is 890 g/mol. The highest BCUT2D eigenvalue weighted by atomic mass is 19.1. The summed E-state index contributed by atoms with van der Waals surface area (Å²) >= 11 is 0. The summed E-state index contributed by atoms with van der Waals surface area (Å²) in [5.41, 5.74) is -4.40. The van der Waals surface area contributed by atoms with Crippen LogP contribution in [0.5, 0.6) is 0 Å². The summed E-state index contributed by atoms with van der Waals surface area (Å²) in [6, 6.07) is 5.07. The molecule has 3 fully saturated rings. The maximum atomic E-state index is 14.5. The fourth-order valence-corrected chi connectivity index (χ4v) is 10.3. The molecule has 68 heavy (non-hydrogen) atoms. The number of halogens is 1. The van der Waals surface area contributed by atoms with Gasteiger partial charge in [-0.2, -0.15) is 0 Å². The first-order valence-electron chi connectivity index (χ1n) is 24.0. The number of ether oxygens (including phenoxy) is 6. The van der Waals surface area contributed by atoms with E-state index in [1.807, 2.05) is 37.7 Å². The molecule has 3 aliphatic rings. The molecule has 4 rings (SSSR count). The highest BCUT2D eigenvalue weighted by molar-refractivity contribution is 5.78. The van der Waals surface area contributed by atoms with Gasteiger partial charge in [0.05, 0.1) is 48.0 Å². The van der Waals surface area contributed by atoms with Gasteiger partial charge in [-0.3, -0.25) is 19.3 Å². The Labute approximate surface area is 402 Å². The summed E-state index contributed by atoms with van der Waals surface area (Å²) in [6.07, 6.45) is -8.91. The Bertz CT molecular complexity index is 1730. The summed E-state index contributed by atoms with van der Waals surface area (Å²) < 4.78 is 52.2. The van der Waals surface area contributed by atoms with Crippen LogP contribution >= 0.6 is 0 Å². The van der Waals surface area contributed by atoms with Crippen LogP contribution in [0.4, 0.5) is 4.39 Å². The molecule has 18 nitrogen and oxygen atoms in total. The Hall–Kier alpha value is -2.92. The van der Waals surface area contributed by atoms with E-state index in [1.54, 1.807) is 66.7 Å². The Morgan fingerprint density at radius 3 is 2.22 bits per heavy atom. The molecule has 0 radical (unpaired) electrons. The van der Waals surface area contributed by atoms with Crippen LogP contribution in [0.15, 0.2) is 24.3 Å². The van der Waals surface area contributed by atoms with Gasteiger partial charge in [0.1, 0.15) is 35.8 Å². The second-order valence-electron chi connectivity index (χ2n) is 20.3. The van der Waals surface area contributed by atoms with E-state index in [2.05, 4.69) is 5.32 Å². The number of aliphatic hydroxyl groups is 5. The first-order valence-corrected chi connectivity index (χ1v) is 24.0. The first-order chi connectivity index (χ1) is 31.7. The van der Waals surface area contributed by atoms with Gasteiger partial charge in [-0.1, -0.05) is 39.0 Å². The lowest BCUT2D eigenvalue weighted by Crippen LogP contribution is -2.60. The molecule has 1 aromatic rings. The number of amides is 1. The van der Waals surface area contributed by atoms with Crippen molar-refractivity contribution in [2.75, 3.05) is 40.8 Å². The summed E-state index contributed by atoms with van der Waals surface area (Å²) in [4.78, 5) is 39.5. The topological polar surface area (TPSA) is 246 Å². The normalized spacial score (nSPS) is 40.2. The Morgan fingerprint density at radius 2 is 1.63 bits per heavy atom. The quantitative estimate of drug-likeness (QED) is 0.0854. The van der Waals surface area contributed by atoms with Gasteiger partial charge in [0.2, 0.25) is 5.91 Å². The predicted molar refractivity (Wildman–Crippen MR) is 250 cm³/mol. The van der Waals surface area contributed by atoms with E-state index in [0.717, 1.165) is 0 Å². The summed E-state index contributed by atoms with van der Waals surface area (Å²) in [7, 11) is 5.22. The van der Waals surface area contributed by atoms with E-state index in [1.165, 1.54) is 20.1 Å². The second kappa shape index (κ2) is 26.0. The van der Waals surface area contributed by atoms with Gasteiger partial charge in [-0.15, -0.1) is 0 Å². The molecule has 3 heterocycles. The maximum absolute atomic E-state index is 14.5. The van der Waals surface area contributed by atoms with Crippen molar-refractivity contribution in [2.45, 2.75) is 198 Å². The number of nitrogens with zero attached hydrogens (tertiary/aromatic N) is 2. The molecule has 18 atom stereocenters. The Morgan fingerprint density at radius 1 is 1.00 bits per heavy atom. The maximum Gasteiger partial charge on any atom is 0.311 e. The van der Waals surface area contributed by atoms with E-state index >= 15 is 0 Å². The van der Waals surface area contributed by atoms with Crippen LogP contribution in [0.1, 0.15) is 107 Å². The van der Waals surface area contributed by atoms with Gasteiger partial charge in [-0.05, 0) is 106 Å². The number of aliphatic hydroxyl groups excluding tert-OH is 3. The number of likely N-dealkylation sites (N-methyl/N-ethyl adjacent to an activating group) is 1. The van der Waals surface area contributed by atoms with Crippen molar-refractivity contribution in [3.63, 3.8) is 0 Å². The van der Waals surface area contributed by atoms with E-state index in [4.69, 9.17) is 38.3 Å². The molecule has 0 aromatic heterocycles. The number of carbonyl (C=O) groups excluding carboxylic acids is 2. The third kappa shape index (κ3) is 15.3. The zero-order valence-electron chi connectivity index (χ0n) is 42.5. The first kappa shape index (κ1) is 59.4. The van der Waals surface area contributed by atoms with Crippen molar-refractivity contribution >= 4 is 18.3 Å². The van der Waals surface area contributed by atoms with Gasteiger partial charge in [-0.25, -0.2) is 4.39 Å². The molecule has 3 aliphatic heterocycles. The minimum absolute atomic E-state index is 0.0902. The lowest BCUT2D eigenvalue weighted by molar-refractivity contribution is -0.318. The van der Waals surface area contributed by atoms with E-state index in [-0.39, 0.29) is 68.2 Å². The highest BCUT2D eigenvalue weighted by Gasteiger charge is 2.53. The minimum atomic E-state index is -1.94. The monoisotopic (exact) mass is 974 g/mol. The molecule has 0 aliphatic carbocycles. The number of nitrogens with one attached hydrogen (secondary N) is 1. The number of rotatable bonds is 13. The third-order valence-corrected chi connectivity index (χ3v) is 14.3. The minimum Gasteiger partial charge on any atom is -0.483 e. The zero-order chi connectivity index (χ0) is 51.5. The summed E-state index contributed by atoms with van der Waals surface area (Å²) in [5, 5.41) is 69.5. The number of methoxy groups -OCH3 is 1. The second-order valence-corrected chi connectivity index (χ2v) is 20.3. The van der Waals surface area contributed by atoms with E-state index in [9.17, 15) is 39.5 Å². The van der Waals surface area contributed by atoms with E-state index in [0.29, 0.717) is 25.9 Å². The molecule has 0 unspecified atom stereocenters. The number of benzene rings is 1. The smallest absolute Gasteiger partial charge is 0.311 e. The molecule has 0 bridgehead atoms. The standard InChI is InChI=1S/C48H82FN3O13.CH2O2/c1-14-36-48(10,59)41(55)31(6)52(21-17-20-50-37(53)23-33-18-15-16-19-34(33)49)26-27(2)24-46(8,58)43(65-45-39(54)35(51(11)12)22-28(3)61-45)29(4)40(30(5)44(57)63-36)64-38-25-47(9,60-13)42(56)32(7)62-38;2-1-3/h15-16,18-19,27-32,35-36,38-43,45,54-56,58-59H,14,17,20-26H2,1-13H3,(H,50,53);1H,(H,2,3)/t27-,28-,29+,30-,31-,32+,35+,36-,38+,39-,40+,41-,42+,43-,45+,46-,47-,48-;/m1./s1. The van der Waals surface area contributed by atoms with Crippen LogP contribution in [0, 0.1) is 23.6 Å². The molecule has 1 aromatic carbocycles. The molecule has 7 N–H and O–H groups in total. The van der Waals surface area contributed by atoms with Crippen molar-refractivity contribution in [2.24, 2.45) is 17.8 Å². The van der Waals surface area contributed by atoms with Gasteiger partial charge in [0.25, 0.3) is 6.47 Å². The molecule has 1 amide bonds. The largest absolute Gasteiger partial charge is 0.483 e. The van der Waals surface area contributed by atoms with Crippen LogP contribution < -0.4 is 5.32 Å². The molecule has 0 saturated carbocycles. The Kier molecular flexibility index (Phi) is 22.7. The van der Waals surface area contributed by atoms with Crippen LogP contribution in [0.3, 0.4) is 0 Å². The number of esters is 1. The lowest BCUT2D eigenvalue weighted by atomic mass is 9.77. The van der Waals surface area contributed by atoms with Crippen molar-refractivity contribution in [3.05, 3.63) is 35.6 Å². The number of cyclic esters (lactones) is 1. The SMILES string of the molecule is CC[C@H]1OC(=O)[C@H](C)[C@@H](O[C@H]2C[C@@](C)(OC)[C@@H](O)[C@H](C)O2)[C@H](C)[C@@H](O[C@@H]2O[C@H](C)C[C@H](N(C)C)[C@H]2O)[C@](C)(O)C[C@@H](C)CN(CCCNC(=O)Cc2ccccc2F)[C@H](C)[C@@H](O)[C@]1(C)O.O=CO. The molecular formula is C49H84FN3O15. The van der Waals surface area contributed by atoms with Crippen LogP contribution in [0.25, 0.3) is 0 Å². The van der Waals surface area contributed by atoms with Gasteiger partial charge in [0.15, 0.2) is 12.6 Å². The number of hydrogen-bond donors (Lipinski definition) is 7. The third-order valence-electron chi connectivity index (χ3n) is 14.3. The molecule has 392 valence electrons. The zero-order valence-corrected chi connectivity index (χ0v) is 42.5. The van der Waals surface area contributed by atoms with Crippen LogP contribution in [-0.4, -0.2) is 190 Å². The fraction of sp³-hybridized carbons (Fsp3) is 0.816. The van der Waals surface area contributed by atoms with Gasteiger partial charge in [0, 0.05) is 51.2 Å². The Balaban J connectivity index is 0.00000397. The average Bonchev–Trinajstić information content (AvgIpc) is 3.26. The number of carbonyl (C=O) groups is 3. The summed E-state index contributed by atoms with van der Waals surface area (Å²) in [5.74, 6) is -3.75. The molecule has 19 heteroatoms. The lowest BCUT2D eigenvalue weighted by Gasteiger charge is -2.48. The van der Waals surface area contributed by atoms with Crippen LogP contribution in [0.2, 0.25) is 0 Å². The molecule has 3 saturated heterocycles. The predicted octanol–water partition coefficient (Wildman–Crippen LogP) is 2.86. The van der Waals surface area contributed by atoms with Crippen molar-refractivity contribution in [1.82, 2.24) is 15.1 Å². The van der Waals surface area contributed by atoms with Crippen molar-refractivity contribution in [1.29, 1.82) is 0 Å². The van der Waals surface area contributed by atoms with Crippen molar-refractivity contribution < 1.29 is 77.8 Å². The number of carboxylic acid groups (broad SMARTS) is 1. The van der Waals surface area contributed by atoms with Crippen molar-refractivity contribution in [3.8, 4) is 0 Å². The summed E-state index contributed by atoms with van der Waals surface area (Å²) in [6.45, 7) is 18.0. The number of hydrogen-bond acceptors (Lipinski definition) is 16. The van der Waals surface area contributed by atoms with Crippen LogP contribution in [-0.2, 0) is 49.2 Å². The van der Waals surface area contributed by atoms with Gasteiger partial charge < -0.3 is 69.3 Å². The average molecular weight is 974 g/mol. The fourth-order valence-electron chi connectivity index (χ4n) is 10.3. The van der Waals surface area contributed by atoms with Gasteiger partial charge >= 0.3 is 5.97 Å².